The van der Waals surface area contributed by atoms with Gasteiger partial charge < -0.3 is 34.7 Å². The fourth-order valence-corrected chi connectivity index (χ4v) is 4.86. The van der Waals surface area contributed by atoms with E-state index < -0.39 is 13.0 Å². The molecule has 0 atom stereocenters. The molecule has 1 aromatic heterocycles. The quantitative estimate of drug-likeness (QED) is 0.256. The molecule has 1 aliphatic heterocycles. The minimum Gasteiger partial charge on any atom is -0.494 e. The largest absolute Gasteiger partial charge is 0.494 e. The molecule has 2 heterocycles. The van der Waals surface area contributed by atoms with Crippen molar-refractivity contribution in [3.8, 4) is 23.3 Å². The lowest BCUT2D eigenvalue weighted by atomic mass is 10.2. The Morgan fingerprint density at radius 2 is 1.89 bits per heavy atom. The van der Waals surface area contributed by atoms with Crippen molar-refractivity contribution in [2.24, 2.45) is 0 Å². The van der Waals surface area contributed by atoms with E-state index in [-0.39, 0.29) is 17.1 Å². The summed E-state index contributed by atoms with van der Waals surface area (Å²) in [6, 6.07) is 10.6. The van der Waals surface area contributed by atoms with Crippen molar-refractivity contribution in [1.29, 1.82) is 0 Å². The molecule has 12 heteroatoms. The predicted molar refractivity (Wildman–Crippen MR) is 149 cm³/mol. The van der Waals surface area contributed by atoms with E-state index in [1.807, 2.05) is 18.2 Å². The van der Waals surface area contributed by atoms with Crippen LogP contribution in [0.5, 0.6) is 11.5 Å². The van der Waals surface area contributed by atoms with E-state index >= 15 is 0 Å². The maximum absolute atomic E-state index is 12.8. The van der Waals surface area contributed by atoms with Crippen molar-refractivity contribution in [3.63, 3.8) is 0 Å². The van der Waals surface area contributed by atoms with Crippen molar-refractivity contribution in [2.45, 2.75) is 13.0 Å². The average Bonchev–Trinajstić information content (AvgIpc) is 2.84. The van der Waals surface area contributed by atoms with E-state index in [1.165, 1.54) is 13.3 Å². The second-order valence-corrected chi connectivity index (χ2v) is 12.3. The number of carbonyl (C=O) groups is 1. The fourth-order valence-electron chi connectivity index (χ4n) is 3.56. The van der Waals surface area contributed by atoms with Crippen molar-refractivity contribution in [3.05, 3.63) is 47.6 Å². The van der Waals surface area contributed by atoms with Gasteiger partial charge in [-0.05, 0) is 44.4 Å². The monoisotopic (exact) mass is 555 g/mol. The van der Waals surface area contributed by atoms with Gasteiger partial charge in [-0.25, -0.2) is 4.98 Å². The topological polar surface area (TPSA) is 124 Å². The molecule has 0 bridgehead atoms. The van der Waals surface area contributed by atoms with Crippen molar-refractivity contribution >= 4 is 58.8 Å². The molecule has 1 amide bonds. The summed E-state index contributed by atoms with van der Waals surface area (Å²) in [6.45, 7) is 5.87. The first-order valence-electron chi connectivity index (χ1n) is 11.6. The highest BCUT2D eigenvalue weighted by Crippen LogP contribution is 2.40. The van der Waals surface area contributed by atoms with Crippen LogP contribution in [0.2, 0.25) is 5.02 Å². The van der Waals surface area contributed by atoms with Crippen LogP contribution >= 0.6 is 18.7 Å². The summed E-state index contributed by atoms with van der Waals surface area (Å²) in [7, 11) is -1.05. The maximum atomic E-state index is 12.8. The zero-order valence-electron chi connectivity index (χ0n) is 21.3. The van der Waals surface area contributed by atoms with Crippen LogP contribution in [0.15, 0.2) is 42.6 Å². The molecular formula is C26H27ClN5O5P. The van der Waals surface area contributed by atoms with Crippen LogP contribution in [0.4, 0.5) is 28.8 Å². The number of rotatable bonds is 9. The molecule has 3 aromatic rings. The number of nitrogens with zero attached hydrogens (tertiary/aromatic N) is 2. The SMILES string of the molecule is CC#CC(=O)Nc1cc(Nc2ncc(Cl)c(Nc3ccccc3P(C)(C)=O)n2)c(OC)cc1OC1COC1. The number of methoxy groups -OCH3 is 1. The van der Waals surface area contributed by atoms with Gasteiger partial charge in [0.15, 0.2) is 5.82 Å². The lowest BCUT2D eigenvalue weighted by Crippen LogP contribution is -2.38. The van der Waals surface area contributed by atoms with Gasteiger partial charge in [-0.15, -0.1) is 0 Å². The molecule has 0 aliphatic carbocycles. The number of benzene rings is 2. The van der Waals surface area contributed by atoms with E-state index in [4.69, 9.17) is 25.8 Å². The van der Waals surface area contributed by atoms with Gasteiger partial charge in [0.2, 0.25) is 5.95 Å². The predicted octanol–water partition coefficient (Wildman–Crippen LogP) is 4.61. The van der Waals surface area contributed by atoms with Crippen LogP contribution in [0.3, 0.4) is 0 Å². The molecule has 0 radical (unpaired) electrons. The van der Waals surface area contributed by atoms with Crippen molar-refractivity contribution in [1.82, 2.24) is 9.97 Å². The third-order valence-corrected chi connectivity index (χ3v) is 7.24. The average molecular weight is 556 g/mol. The van der Waals surface area contributed by atoms with Gasteiger partial charge in [0, 0.05) is 11.4 Å². The van der Waals surface area contributed by atoms with Gasteiger partial charge in [0.1, 0.15) is 29.8 Å². The molecule has 0 spiro atoms. The molecule has 3 N–H and O–H groups in total. The maximum Gasteiger partial charge on any atom is 0.300 e. The number of nitrogens with one attached hydrogen (secondary N) is 3. The Morgan fingerprint density at radius 1 is 1.13 bits per heavy atom. The molecule has 0 saturated carbocycles. The zero-order valence-corrected chi connectivity index (χ0v) is 22.9. The highest BCUT2D eigenvalue weighted by molar-refractivity contribution is 7.70. The second-order valence-electron chi connectivity index (χ2n) is 8.66. The van der Waals surface area contributed by atoms with E-state index in [2.05, 4.69) is 37.8 Å². The Hall–Kier alpha value is -3.77. The van der Waals surface area contributed by atoms with Crippen LogP contribution in [0, 0.1) is 11.8 Å². The van der Waals surface area contributed by atoms with Gasteiger partial charge in [0.25, 0.3) is 5.91 Å². The molecule has 38 heavy (non-hydrogen) atoms. The molecule has 1 saturated heterocycles. The normalized spacial score (nSPS) is 13.0. The summed E-state index contributed by atoms with van der Waals surface area (Å²) in [5.74, 6) is 5.89. The van der Waals surface area contributed by atoms with Crippen LogP contribution in [0.1, 0.15) is 6.92 Å². The van der Waals surface area contributed by atoms with E-state index in [0.29, 0.717) is 52.9 Å². The molecule has 1 fully saturated rings. The van der Waals surface area contributed by atoms with E-state index in [1.54, 1.807) is 38.5 Å². The fraction of sp³-hybridized carbons (Fsp3) is 0.269. The Balaban J connectivity index is 1.66. The number of aromatic nitrogens is 2. The van der Waals surface area contributed by atoms with Crippen molar-refractivity contribution < 1.29 is 23.6 Å². The first kappa shape index (κ1) is 27.3. The number of carbonyl (C=O) groups excluding carboxylic acids is 1. The van der Waals surface area contributed by atoms with Gasteiger partial charge in [-0.1, -0.05) is 29.7 Å². The summed E-state index contributed by atoms with van der Waals surface area (Å²) in [5, 5.41) is 9.97. The Labute approximate surface area is 225 Å². The number of hydrogen-bond donors (Lipinski definition) is 3. The Bertz CT molecular complexity index is 1460. The van der Waals surface area contributed by atoms with E-state index in [9.17, 15) is 9.36 Å². The third-order valence-electron chi connectivity index (χ3n) is 5.42. The van der Waals surface area contributed by atoms with Crippen LogP contribution in [-0.2, 0) is 14.1 Å². The summed E-state index contributed by atoms with van der Waals surface area (Å²) in [5.41, 5.74) is 1.48. The highest BCUT2D eigenvalue weighted by Gasteiger charge is 2.24. The smallest absolute Gasteiger partial charge is 0.300 e. The number of anilines is 5. The molecule has 1 aliphatic rings. The van der Waals surface area contributed by atoms with Crippen molar-refractivity contribution in [2.75, 3.05) is 49.6 Å². The summed E-state index contributed by atoms with van der Waals surface area (Å²) in [6.07, 6.45) is 1.31. The highest BCUT2D eigenvalue weighted by atomic mass is 35.5. The lowest BCUT2D eigenvalue weighted by molar-refractivity contribution is -0.111. The Morgan fingerprint density at radius 3 is 2.55 bits per heavy atom. The summed E-state index contributed by atoms with van der Waals surface area (Å²) in [4.78, 5) is 21.0. The van der Waals surface area contributed by atoms with Crippen LogP contribution in [0.25, 0.3) is 0 Å². The van der Waals surface area contributed by atoms with Gasteiger partial charge in [0.05, 0.1) is 43.6 Å². The minimum absolute atomic E-state index is 0.135. The molecule has 0 unspecified atom stereocenters. The molecule has 2 aromatic carbocycles. The zero-order chi connectivity index (χ0) is 27.3. The van der Waals surface area contributed by atoms with Gasteiger partial charge >= 0.3 is 0 Å². The number of para-hydroxylation sites is 1. The van der Waals surface area contributed by atoms with Gasteiger partial charge in [-0.3, -0.25) is 4.79 Å². The van der Waals surface area contributed by atoms with E-state index in [0.717, 1.165) is 0 Å². The van der Waals surface area contributed by atoms with Crippen LogP contribution < -0.4 is 30.7 Å². The van der Waals surface area contributed by atoms with Gasteiger partial charge in [-0.2, -0.15) is 4.98 Å². The first-order valence-corrected chi connectivity index (χ1v) is 14.6. The third kappa shape index (κ3) is 6.56. The molecular weight excluding hydrogens is 529 g/mol. The molecule has 198 valence electrons. The summed E-state index contributed by atoms with van der Waals surface area (Å²) >= 11 is 6.38. The first-order chi connectivity index (χ1) is 18.2. The minimum atomic E-state index is -2.57. The number of hydrogen-bond acceptors (Lipinski definition) is 9. The number of ether oxygens (including phenoxy) is 3. The lowest BCUT2D eigenvalue weighted by Gasteiger charge is -2.28. The second kappa shape index (κ2) is 11.7. The number of halogens is 1. The standard InChI is InChI=1S/C26H27ClN5O5P/c1-5-8-24(33)29-20-11-19(21(35-2)12-22(20)37-16-14-36-15-16)31-26-28-13-17(27)25(32-26)30-18-9-6-7-10-23(18)38(3,4)34/h6-7,9-13,16H,14-15H2,1-4H3,(H,29,33)(H2,28,30,31,32). The Kier molecular flexibility index (Phi) is 8.42. The number of amides is 1. The summed E-state index contributed by atoms with van der Waals surface area (Å²) < 4.78 is 29.5. The molecule has 10 nitrogen and oxygen atoms in total. The van der Waals surface area contributed by atoms with Crippen LogP contribution in [-0.4, -0.2) is 55.6 Å². The molecule has 4 rings (SSSR count).